The van der Waals surface area contributed by atoms with Crippen LogP contribution in [0.2, 0.25) is 0 Å². The van der Waals surface area contributed by atoms with Gasteiger partial charge in [0.2, 0.25) is 0 Å². The normalized spacial score (nSPS) is 11.3. The van der Waals surface area contributed by atoms with E-state index in [1.54, 1.807) is 12.1 Å². The quantitative estimate of drug-likeness (QED) is 0.822. The Balaban J connectivity index is 0.00000361. The molecular weight excluding hydrogens is 360 g/mol. The van der Waals surface area contributed by atoms with E-state index in [9.17, 15) is 13.2 Å². The summed E-state index contributed by atoms with van der Waals surface area (Å²) in [6.45, 7) is 2.37. The second-order valence-corrected chi connectivity index (χ2v) is 5.01. The number of likely N-dealkylation sites (N-methyl/N-ethyl adjacent to an activating group) is 2. The van der Waals surface area contributed by atoms with Crippen molar-refractivity contribution in [3.05, 3.63) is 28.2 Å². The van der Waals surface area contributed by atoms with E-state index >= 15 is 0 Å². The molecular formula is C12H17BrClF3N2O. The van der Waals surface area contributed by atoms with Gasteiger partial charge in [0, 0.05) is 19.6 Å². The maximum Gasteiger partial charge on any atom is 0.573 e. The first-order chi connectivity index (χ1) is 8.81. The molecule has 0 amide bonds. The first kappa shape index (κ1) is 19.5. The molecule has 116 valence electrons. The highest BCUT2D eigenvalue weighted by atomic mass is 79.9. The number of nitrogens with one attached hydrogen (secondary N) is 1. The van der Waals surface area contributed by atoms with Crippen molar-refractivity contribution in [2.45, 2.75) is 12.9 Å². The minimum absolute atomic E-state index is 0. The lowest BCUT2D eigenvalue weighted by atomic mass is 10.2. The van der Waals surface area contributed by atoms with Crippen molar-refractivity contribution in [1.29, 1.82) is 0 Å². The Bertz CT molecular complexity index is 418. The monoisotopic (exact) mass is 376 g/mol. The summed E-state index contributed by atoms with van der Waals surface area (Å²) in [5, 5.41) is 3.03. The fraction of sp³-hybridized carbons (Fsp3) is 0.500. The third-order valence-corrected chi connectivity index (χ3v) is 3.04. The highest BCUT2D eigenvalue weighted by molar-refractivity contribution is 9.10. The van der Waals surface area contributed by atoms with E-state index in [-0.39, 0.29) is 18.2 Å². The van der Waals surface area contributed by atoms with Crippen LogP contribution in [0, 0.1) is 0 Å². The third-order valence-electron chi connectivity index (χ3n) is 2.42. The Hall–Kier alpha value is -0.500. The van der Waals surface area contributed by atoms with Gasteiger partial charge in [-0.1, -0.05) is 6.07 Å². The van der Waals surface area contributed by atoms with Crippen LogP contribution in [-0.4, -0.2) is 38.4 Å². The van der Waals surface area contributed by atoms with Gasteiger partial charge in [-0.25, -0.2) is 0 Å². The fourth-order valence-electron chi connectivity index (χ4n) is 1.54. The summed E-state index contributed by atoms with van der Waals surface area (Å²) in [6.07, 6.45) is -4.67. The van der Waals surface area contributed by atoms with Crippen LogP contribution in [0.1, 0.15) is 5.56 Å². The molecule has 0 heterocycles. The molecule has 1 aromatic rings. The number of ether oxygens (including phenoxy) is 1. The minimum Gasteiger partial charge on any atom is -0.405 e. The van der Waals surface area contributed by atoms with Crippen molar-refractivity contribution in [3.63, 3.8) is 0 Å². The van der Waals surface area contributed by atoms with Crippen molar-refractivity contribution in [2.75, 3.05) is 27.2 Å². The predicted octanol–water partition coefficient (Wildman–Crippen LogP) is 3.42. The first-order valence-corrected chi connectivity index (χ1v) is 6.48. The van der Waals surface area contributed by atoms with Gasteiger partial charge in [-0.15, -0.1) is 25.6 Å². The van der Waals surface area contributed by atoms with Crippen molar-refractivity contribution < 1.29 is 17.9 Å². The summed E-state index contributed by atoms with van der Waals surface area (Å²) in [4.78, 5) is 2.07. The van der Waals surface area contributed by atoms with E-state index in [4.69, 9.17) is 0 Å². The van der Waals surface area contributed by atoms with E-state index in [0.717, 1.165) is 18.7 Å². The predicted molar refractivity (Wildman–Crippen MR) is 78.3 cm³/mol. The Morgan fingerprint density at radius 2 is 2.00 bits per heavy atom. The van der Waals surface area contributed by atoms with Gasteiger partial charge in [0.05, 0.1) is 4.47 Å². The molecule has 0 fully saturated rings. The average Bonchev–Trinajstić information content (AvgIpc) is 2.28. The molecule has 0 bridgehead atoms. The van der Waals surface area contributed by atoms with E-state index in [1.807, 2.05) is 14.1 Å². The van der Waals surface area contributed by atoms with Gasteiger partial charge in [0.15, 0.2) is 0 Å². The number of hydrogen-bond acceptors (Lipinski definition) is 3. The van der Waals surface area contributed by atoms with Crippen molar-refractivity contribution >= 4 is 28.3 Å². The summed E-state index contributed by atoms with van der Waals surface area (Å²) in [6, 6.07) is 4.58. The van der Waals surface area contributed by atoms with Gasteiger partial charge in [-0.2, -0.15) is 0 Å². The molecule has 0 aliphatic rings. The van der Waals surface area contributed by atoms with E-state index in [2.05, 4.69) is 30.9 Å². The summed E-state index contributed by atoms with van der Waals surface area (Å²) >= 11 is 3.09. The van der Waals surface area contributed by atoms with Crippen LogP contribution in [0.25, 0.3) is 0 Å². The van der Waals surface area contributed by atoms with Crippen LogP contribution < -0.4 is 10.1 Å². The maximum absolute atomic E-state index is 12.1. The summed E-state index contributed by atoms with van der Waals surface area (Å²) in [5.41, 5.74) is 0.917. The van der Waals surface area contributed by atoms with E-state index in [1.165, 1.54) is 6.07 Å². The lowest BCUT2D eigenvalue weighted by Gasteiger charge is -2.17. The Morgan fingerprint density at radius 3 is 2.50 bits per heavy atom. The molecule has 3 nitrogen and oxygen atoms in total. The molecule has 0 radical (unpaired) electrons. The van der Waals surface area contributed by atoms with Gasteiger partial charge in [0.25, 0.3) is 0 Å². The zero-order valence-corrected chi connectivity index (χ0v) is 13.5. The number of benzene rings is 1. The van der Waals surface area contributed by atoms with Gasteiger partial charge < -0.3 is 15.0 Å². The number of nitrogens with zero attached hydrogens (tertiary/aromatic N) is 1. The van der Waals surface area contributed by atoms with Crippen LogP contribution in [-0.2, 0) is 6.54 Å². The molecule has 1 N–H and O–H groups in total. The van der Waals surface area contributed by atoms with E-state index < -0.39 is 6.36 Å². The molecule has 20 heavy (non-hydrogen) atoms. The summed E-state index contributed by atoms with van der Waals surface area (Å²) < 4.78 is 40.5. The topological polar surface area (TPSA) is 24.5 Å². The first-order valence-electron chi connectivity index (χ1n) is 5.69. The molecule has 8 heteroatoms. The molecule has 0 unspecified atom stereocenters. The highest BCUT2D eigenvalue weighted by Gasteiger charge is 2.31. The smallest absolute Gasteiger partial charge is 0.405 e. The molecule has 0 aliphatic carbocycles. The van der Waals surface area contributed by atoms with Crippen molar-refractivity contribution in [1.82, 2.24) is 10.2 Å². The van der Waals surface area contributed by atoms with Crippen molar-refractivity contribution in [2.24, 2.45) is 0 Å². The molecule has 1 aromatic carbocycles. The Kier molecular flexibility index (Phi) is 8.50. The van der Waals surface area contributed by atoms with Gasteiger partial charge in [-0.05, 0) is 47.7 Å². The molecule has 0 saturated carbocycles. The number of halogens is 5. The van der Waals surface area contributed by atoms with Crippen molar-refractivity contribution in [3.8, 4) is 5.75 Å². The third kappa shape index (κ3) is 7.33. The number of alkyl halides is 3. The zero-order chi connectivity index (χ0) is 14.5. The molecule has 1 rings (SSSR count). The molecule has 0 atom stereocenters. The van der Waals surface area contributed by atoms with Crippen LogP contribution >= 0.6 is 28.3 Å². The maximum atomic E-state index is 12.1. The largest absolute Gasteiger partial charge is 0.573 e. The van der Waals surface area contributed by atoms with Gasteiger partial charge in [0.1, 0.15) is 5.75 Å². The summed E-state index contributed by atoms with van der Waals surface area (Å²) in [5.74, 6) is -0.228. The van der Waals surface area contributed by atoms with E-state index in [0.29, 0.717) is 11.0 Å². The standard InChI is InChI=1S/C12H16BrF3N2O.ClH/c1-17-5-6-18(2)8-9-3-4-11(10(13)7-9)19-12(14,15)16;/h3-4,7,17H,5-6,8H2,1-2H3;1H. The second-order valence-electron chi connectivity index (χ2n) is 4.15. The average molecular weight is 378 g/mol. The Morgan fingerprint density at radius 1 is 1.35 bits per heavy atom. The molecule has 0 aromatic heterocycles. The van der Waals surface area contributed by atoms with Crippen LogP contribution in [0.3, 0.4) is 0 Å². The number of hydrogen-bond donors (Lipinski definition) is 1. The Labute approximate surface area is 131 Å². The lowest BCUT2D eigenvalue weighted by molar-refractivity contribution is -0.274. The van der Waals surface area contributed by atoms with Gasteiger partial charge in [-0.3, -0.25) is 0 Å². The minimum atomic E-state index is -4.67. The fourth-order valence-corrected chi connectivity index (χ4v) is 2.05. The molecule has 0 saturated heterocycles. The zero-order valence-electron chi connectivity index (χ0n) is 11.1. The van der Waals surface area contributed by atoms with Crippen LogP contribution in [0.15, 0.2) is 22.7 Å². The SMILES string of the molecule is CNCCN(C)Cc1ccc(OC(F)(F)F)c(Br)c1.Cl. The second kappa shape index (κ2) is 8.71. The van der Waals surface area contributed by atoms with Crippen LogP contribution in [0.4, 0.5) is 13.2 Å². The molecule has 0 aliphatic heterocycles. The molecule has 0 spiro atoms. The number of rotatable bonds is 6. The van der Waals surface area contributed by atoms with Gasteiger partial charge >= 0.3 is 6.36 Å². The summed E-state index contributed by atoms with van der Waals surface area (Å²) in [7, 11) is 3.82. The highest BCUT2D eigenvalue weighted by Crippen LogP contribution is 2.31. The lowest BCUT2D eigenvalue weighted by Crippen LogP contribution is -2.26. The van der Waals surface area contributed by atoms with Crippen LogP contribution in [0.5, 0.6) is 5.75 Å².